The maximum Gasteiger partial charge on any atom is 0.338 e. The van der Waals surface area contributed by atoms with Crippen molar-refractivity contribution in [3.05, 3.63) is 63.7 Å². The highest BCUT2D eigenvalue weighted by Gasteiger charge is 2.37. The van der Waals surface area contributed by atoms with Crippen LogP contribution in [0.25, 0.3) is 0 Å². The summed E-state index contributed by atoms with van der Waals surface area (Å²) in [4.78, 5) is 11.9. The number of fused-ring (bicyclic) bond motifs is 1. The second kappa shape index (κ2) is 6.70. The molecule has 1 unspecified atom stereocenters. The van der Waals surface area contributed by atoms with Gasteiger partial charge in [-0.1, -0.05) is 42.8 Å². The molecule has 5 heteroatoms. The number of carbonyl (C=O) groups excluding carboxylic acids is 1. The monoisotopic (exact) mass is 360 g/mol. The van der Waals surface area contributed by atoms with Crippen LogP contribution in [0.1, 0.15) is 53.9 Å². The van der Waals surface area contributed by atoms with Crippen LogP contribution in [0.4, 0.5) is 0 Å². The summed E-state index contributed by atoms with van der Waals surface area (Å²) in [5.41, 5.74) is 3.31. The molecule has 132 valence electrons. The summed E-state index contributed by atoms with van der Waals surface area (Å²) in [6.45, 7) is 5.79. The predicted molar refractivity (Wildman–Crippen MR) is 96.2 cm³/mol. The van der Waals surface area contributed by atoms with E-state index >= 15 is 0 Å². The van der Waals surface area contributed by atoms with E-state index in [9.17, 15) is 4.79 Å². The Labute approximate surface area is 152 Å². The fraction of sp³-hybridized carbons (Fsp3) is 0.350. The van der Waals surface area contributed by atoms with Gasteiger partial charge in [0.25, 0.3) is 0 Å². The normalized spacial score (nSPS) is 18.2. The zero-order valence-electron chi connectivity index (χ0n) is 14.8. The molecular weight excluding hydrogens is 340 g/mol. The lowest BCUT2D eigenvalue weighted by Gasteiger charge is -2.38. The van der Waals surface area contributed by atoms with Crippen molar-refractivity contribution in [3.8, 4) is 5.75 Å². The number of esters is 1. The topological polar surface area (TPSA) is 44.8 Å². The van der Waals surface area contributed by atoms with Gasteiger partial charge in [0.2, 0.25) is 5.79 Å². The molecule has 0 fully saturated rings. The van der Waals surface area contributed by atoms with Gasteiger partial charge in [0.05, 0.1) is 17.7 Å². The number of methoxy groups -OCH3 is 1. The summed E-state index contributed by atoms with van der Waals surface area (Å²) in [6.07, 6.45) is 0.601. The molecule has 2 aromatic rings. The first-order valence-electron chi connectivity index (χ1n) is 8.22. The smallest absolute Gasteiger partial charge is 0.338 e. The number of rotatable bonds is 3. The van der Waals surface area contributed by atoms with E-state index in [-0.39, 0.29) is 6.10 Å². The molecule has 0 saturated carbocycles. The van der Waals surface area contributed by atoms with Gasteiger partial charge < -0.3 is 14.2 Å². The van der Waals surface area contributed by atoms with Crippen LogP contribution < -0.4 is 4.74 Å². The Balaban J connectivity index is 2.11. The Morgan fingerprint density at radius 2 is 1.92 bits per heavy atom. The minimum absolute atomic E-state index is 0.351. The third kappa shape index (κ3) is 3.51. The van der Waals surface area contributed by atoms with Gasteiger partial charge in [-0.15, -0.1) is 0 Å². The molecule has 0 N–H and O–H groups in total. The zero-order chi connectivity index (χ0) is 18.2. The molecule has 0 radical (unpaired) electrons. The van der Waals surface area contributed by atoms with E-state index in [2.05, 4.69) is 19.1 Å². The molecule has 0 aromatic heterocycles. The summed E-state index contributed by atoms with van der Waals surface area (Å²) < 4.78 is 16.8. The molecule has 1 atom stereocenters. The molecule has 0 spiro atoms. The third-order valence-electron chi connectivity index (χ3n) is 4.22. The molecule has 0 saturated heterocycles. The summed E-state index contributed by atoms with van der Waals surface area (Å²) in [7, 11) is 1.34. The molecule has 0 amide bonds. The quantitative estimate of drug-likeness (QED) is 0.728. The molecule has 2 aromatic carbocycles. The molecule has 1 heterocycles. The van der Waals surface area contributed by atoms with Crippen molar-refractivity contribution in [1.29, 1.82) is 0 Å². The first kappa shape index (κ1) is 17.8. The first-order chi connectivity index (χ1) is 11.8. The van der Waals surface area contributed by atoms with Crippen molar-refractivity contribution in [2.24, 2.45) is 0 Å². The lowest BCUT2D eigenvalue weighted by molar-refractivity contribution is -0.196. The van der Waals surface area contributed by atoms with E-state index < -0.39 is 11.8 Å². The highest BCUT2D eigenvalue weighted by molar-refractivity contribution is 6.32. The van der Waals surface area contributed by atoms with Crippen molar-refractivity contribution < 1.29 is 19.0 Å². The Bertz CT molecular complexity index is 796. The number of halogens is 1. The van der Waals surface area contributed by atoms with Gasteiger partial charge in [-0.05, 0) is 29.7 Å². The summed E-state index contributed by atoms with van der Waals surface area (Å²) in [5, 5.41) is 0.415. The molecule has 1 aliphatic heterocycles. The summed E-state index contributed by atoms with van der Waals surface area (Å²) in [6, 6.07) is 11.5. The van der Waals surface area contributed by atoms with Gasteiger partial charge in [0.15, 0.2) is 0 Å². The number of ether oxygens (including phenoxy) is 3. The van der Waals surface area contributed by atoms with Crippen molar-refractivity contribution in [2.75, 3.05) is 7.11 Å². The molecule has 1 aliphatic rings. The predicted octanol–water partition coefficient (Wildman–Crippen LogP) is 4.92. The summed E-state index contributed by atoms with van der Waals surface area (Å²) >= 11 is 6.48. The van der Waals surface area contributed by atoms with Gasteiger partial charge in [-0.25, -0.2) is 4.79 Å². The van der Waals surface area contributed by atoms with E-state index in [1.807, 2.05) is 26.0 Å². The van der Waals surface area contributed by atoms with Crippen LogP contribution in [0, 0.1) is 0 Å². The maximum absolute atomic E-state index is 11.9. The Kier molecular flexibility index (Phi) is 4.76. The average molecular weight is 361 g/mol. The zero-order valence-corrected chi connectivity index (χ0v) is 15.5. The number of benzene rings is 2. The van der Waals surface area contributed by atoms with Crippen molar-refractivity contribution in [2.45, 2.75) is 39.1 Å². The number of carbonyl (C=O) groups is 1. The molecule has 0 bridgehead atoms. The highest BCUT2D eigenvalue weighted by atomic mass is 35.5. The van der Waals surface area contributed by atoms with Crippen LogP contribution in [-0.2, 0) is 15.9 Å². The van der Waals surface area contributed by atoms with E-state index in [0.717, 1.165) is 17.5 Å². The van der Waals surface area contributed by atoms with Crippen molar-refractivity contribution in [3.63, 3.8) is 0 Å². The molecule has 0 aliphatic carbocycles. The van der Waals surface area contributed by atoms with E-state index in [1.54, 1.807) is 12.1 Å². The van der Waals surface area contributed by atoms with Gasteiger partial charge in [0, 0.05) is 19.4 Å². The van der Waals surface area contributed by atoms with Crippen LogP contribution in [0.5, 0.6) is 5.75 Å². The molecule has 3 rings (SSSR count). The lowest BCUT2D eigenvalue weighted by Crippen LogP contribution is -2.38. The molecule has 25 heavy (non-hydrogen) atoms. The third-order valence-corrected chi connectivity index (χ3v) is 4.54. The molecular formula is C20H21ClO4. The largest absolute Gasteiger partial charge is 0.465 e. The lowest BCUT2D eigenvalue weighted by atomic mass is 9.96. The minimum atomic E-state index is -0.848. The van der Waals surface area contributed by atoms with Crippen molar-refractivity contribution >= 4 is 17.6 Å². The van der Waals surface area contributed by atoms with Crippen LogP contribution >= 0.6 is 11.6 Å². The Morgan fingerprint density at radius 3 is 2.52 bits per heavy atom. The van der Waals surface area contributed by atoms with E-state index in [1.165, 1.54) is 12.7 Å². The summed E-state index contributed by atoms with van der Waals surface area (Å²) in [5.74, 6) is -0.769. The highest BCUT2D eigenvalue weighted by Crippen LogP contribution is 2.46. The number of hydrogen-bond donors (Lipinski definition) is 0. The van der Waals surface area contributed by atoms with E-state index in [0.29, 0.717) is 16.3 Å². The van der Waals surface area contributed by atoms with Crippen LogP contribution in [0.2, 0.25) is 5.02 Å². The first-order valence-corrected chi connectivity index (χ1v) is 8.60. The van der Waals surface area contributed by atoms with Crippen molar-refractivity contribution in [1.82, 2.24) is 0 Å². The Morgan fingerprint density at radius 1 is 1.24 bits per heavy atom. The number of aryl methyl sites for hydroxylation is 1. The number of hydrogen-bond acceptors (Lipinski definition) is 4. The van der Waals surface area contributed by atoms with Gasteiger partial charge >= 0.3 is 5.97 Å². The maximum atomic E-state index is 11.9. The fourth-order valence-electron chi connectivity index (χ4n) is 2.96. The second-order valence-corrected chi connectivity index (χ2v) is 6.86. The van der Waals surface area contributed by atoms with Gasteiger partial charge in [-0.2, -0.15) is 0 Å². The Hall–Kier alpha value is -2.04. The van der Waals surface area contributed by atoms with Gasteiger partial charge in [-0.3, -0.25) is 0 Å². The van der Waals surface area contributed by atoms with Gasteiger partial charge in [0.1, 0.15) is 11.9 Å². The minimum Gasteiger partial charge on any atom is -0.465 e. The average Bonchev–Trinajstić information content (AvgIpc) is 2.59. The second-order valence-electron chi connectivity index (χ2n) is 6.46. The van der Waals surface area contributed by atoms with Crippen LogP contribution in [0.3, 0.4) is 0 Å². The van der Waals surface area contributed by atoms with Crippen LogP contribution in [-0.4, -0.2) is 18.9 Å². The fourth-order valence-corrected chi connectivity index (χ4v) is 3.27. The molecule has 4 nitrogen and oxygen atoms in total. The SMILES string of the molecule is CCc1ccc(C2OC(C)(C)Oc3cc(C(=O)OC)cc(Cl)c32)cc1. The van der Waals surface area contributed by atoms with E-state index in [4.69, 9.17) is 25.8 Å². The van der Waals surface area contributed by atoms with Crippen LogP contribution in [0.15, 0.2) is 36.4 Å². The standard InChI is InChI=1S/C20H21ClO4/c1-5-12-6-8-13(9-7-12)18-17-15(21)10-14(19(22)23-4)11-16(17)24-20(2,3)25-18/h6-11,18H,5H2,1-4H3.